The SMILES string of the molecule is CCN(C(=O)c1cc(Cl)nc(NN)c1)C(C)C. The van der Waals surface area contributed by atoms with E-state index >= 15 is 0 Å². The number of nitrogen functional groups attached to an aromatic ring is 1. The predicted octanol–water partition coefficient (Wildman–Crippen LogP) is 1.89. The molecule has 0 fully saturated rings. The third-order valence-corrected chi connectivity index (χ3v) is 2.61. The standard InChI is InChI=1S/C11H17ClN4O/c1-4-16(7(2)3)11(17)8-5-9(12)14-10(6-8)15-13/h5-7H,4,13H2,1-3H3,(H,14,15). The van der Waals surface area contributed by atoms with Gasteiger partial charge in [-0.15, -0.1) is 0 Å². The molecular formula is C11H17ClN4O. The average molecular weight is 257 g/mol. The van der Waals surface area contributed by atoms with Gasteiger partial charge in [0, 0.05) is 18.2 Å². The second-order valence-corrected chi connectivity index (χ2v) is 4.28. The lowest BCUT2D eigenvalue weighted by molar-refractivity contribution is 0.0717. The highest BCUT2D eigenvalue weighted by Crippen LogP contribution is 2.16. The summed E-state index contributed by atoms with van der Waals surface area (Å²) < 4.78 is 0. The molecule has 0 aliphatic carbocycles. The Morgan fingerprint density at radius 2 is 2.24 bits per heavy atom. The third kappa shape index (κ3) is 3.31. The van der Waals surface area contributed by atoms with Gasteiger partial charge in [0.15, 0.2) is 0 Å². The van der Waals surface area contributed by atoms with Gasteiger partial charge in [-0.3, -0.25) is 4.79 Å². The van der Waals surface area contributed by atoms with Crippen LogP contribution in [0.4, 0.5) is 5.82 Å². The van der Waals surface area contributed by atoms with E-state index in [1.165, 1.54) is 6.07 Å². The summed E-state index contributed by atoms with van der Waals surface area (Å²) in [4.78, 5) is 17.9. The number of rotatable bonds is 4. The highest BCUT2D eigenvalue weighted by atomic mass is 35.5. The van der Waals surface area contributed by atoms with Crippen molar-refractivity contribution in [1.29, 1.82) is 0 Å². The Kier molecular flexibility index (Phi) is 4.72. The first kappa shape index (κ1) is 13.7. The second-order valence-electron chi connectivity index (χ2n) is 3.89. The number of carbonyl (C=O) groups excluding carboxylic acids is 1. The fraction of sp³-hybridized carbons (Fsp3) is 0.455. The van der Waals surface area contributed by atoms with Crippen LogP contribution in [0.25, 0.3) is 0 Å². The number of amides is 1. The maximum Gasteiger partial charge on any atom is 0.254 e. The van der Waals surface area contributed by atoms with Gasteiger partial charge in [-0.1, -0.05) is 11.6 Å². The lowest BCUT2D eigenvalue weighted by Gasteiger charge is -2.25. The van der Waals surface area contributed by atoms with Gasteiger partial charge in [-0.25, -0.2) is 10.8 Å². The minimum absolute atomic E-state index is 0.0803. The Bertz CT molecular complexity index is 408. The van der Waals surface area contributed by atoms with Crippen LogP contribution in [0.1, 0.15) is 31.1 Å². The van der Waals surface area contributed by atoms with Crippen molar-refractivity contribution in [3.63, 3.8) is 0 Å². The largest absolute Gasteiger partial charge is 0.336 e. The molecule has 0 bridgehead atoms. The monoisotopic (exact) mass is 256 g/mol. The Labute approximate surface area is 106 Å². The zero-order chi connectivity index (χ0) is 13.0. The summed E-state index contributed by atoms with van der Waals surface area (Å²) in [5.74, 6) is 5.56. The molecule has 3 N–H and O–H groups in total. The first-order valence-electron chi connectivity index (χ1n) is 5.44. The molecule has 1 rings (SSSR count). The molecule has 1 aromatic heterocycles. The first-order chi connectivity index (χ1) is 7.99. The molecule has 0 unspecified atom stereocenters. The number of pyridine rings is 1. The normalized spacial score (nSPS) is 10.5. The molecule has 94 valence electrons. The minimum atomic E-state index is -0.0803. The van der Waals surface area contributed by atoms with Gasteiger partial charge in [0.25, 0.3) is 5.91 Å². The lowest BCUT2D eigenvalue weighted by atomic mass is 10.2. The summed E-state index contributed by atoms with van der Waals surface area (Å²) in [7, 11) is 0. The zero-order valence-corrected chi connectivity index (χ0v) is 11.0. The minimum Gasteiger partial charge on any atom is -0.336 e. The Morgan fingerprint density at radius 1 is 1.59 bits per heavy atom. The van der Waals surface area contributed by atoms with Gasteiger partial charge in [-0.2, -0.15) is 0 Å². The van der Waals surface area contributed by atoms with E-state index in [9.17, 15) is 4.79 Å². The van der Waals surface area contributed by atoms with Gasteiger partial charge in [0.05, 0.1) is 0 Å². The molecule has 6 heteroatoms. The molecule has 0 spiro atoms. The predicted molar refractivity (Wildman–Crippen MR) is 68.9 cm³/mol. The van der Waals surface area contributed by atoms with Crippen molar-refractivity contribution in [2.75, 3.05) is 12.0 Å². The molecule has 1 heterocycles. The molecule has 5 nitrogen and oxygen atoms in total. The summed E-state index contributed by atoms with van der Waals surface area (Å²) in [6, 6.07) is 3.25. The molecule has 0 atom stereocenters. The second kappa shape index (κ2) is 5.84. The van der Waals surface area contributed by atoms with Gasteiger partial charge in [-0.05, 0) is 32.9 Å². The van der Waals surface area contributed by atoms with Crippen molar-refractivity contribution in [2.24, 2.45) is 5.84 Å². The van der Waals surface area contributed by atoms with Crippen molar-refractivity contribution in [3.05, 3.63) is 22.8 Å². The Morgan fingerprint density at radius 3 is 2.71 bits per heavy atom. The van der Waals surface area contributed by atoms with E-state index in [0.717, 1.165) is 0 Å². The fourth-order valence-corrected chi connectivity index (χ4v) is 1.81. The molecule has 1 amide bonds. The number of anilines is 1. The number of aromatic nitrogens is 1. The van der Waals surface area contributed by atoms with Crippen LogP contribution in [-0.2, 0) is 0 Å². The number of nitrogens with two attached hydrogens (primary N) is 1. The van der Waals surface area contributed by atoms with Gasteiger partial charge < -0.3 is 10.3 Å². The molecule has 1 aromatic rings. The Balaban J connectivity index is 3.06. The summed E-state index contributed by atoms with van der Waals surface area (Å²) >= 11 is 5.82. The van der Waals surface area contributed by atoms with Crippen molar-refractivity contribution >= 4 is 23.3 Å². The highest BCUT2D eigenvalue weighted by molar-refractivity contribution is 6.29. The molecule has 17 heavy (non-hydrogen) atoms. The van der Waals surface area contributed by atoms with Crippen molar-refractivity contribution in [3.8, 4) is 0 Å². The molecular weight excluding hydrogens is 240 g/mol. The third-order valence-electron chi connectivity index (χ3n) is 2.41. The van der Waals surface area contributed by atoms with Crippen LogP contribution in [0.2, 0.25) is 5.15 Å². The lowest BCUT2D eigenvalue weighted by Crippen LogP contribution is -2.36. The molecule has 0 radical (unpaired) electrons. The summed E-state index contributed by atoms with van der Waals surface area (Å²) in [5.41, 5.74) is 2.86. The topological polar surface area (TPSA) is 71.2 Å². The van der Waals surface area contributed by atoms with Crippen molar-refractivity contribution in [2.45, 2.75) is 26.8 Å². The van der Waals surface area contributed by atoms with Crippen LogP contribution in [0.3, 0.4) is 0 Å². The summed E-state index contributed by atoms with van der Waals surface area (Å²) in [5, 5.41) is 0.239. The number of nitrogens with one attached hydrogen (secondary N) is 1. The van der Waals surface area contributed by atoms with Gasteiger partial charge in [0.1, 0.15) is 11.0 Å². The number of halogens is 1. The maximum atomic E-state index is 12.2. The van der Waals surface area contributed by atoms with Crippen LogP contribution in [0.5, 0.6) is 0 Å². The van der Waals surface area contributed by atoms with E-state index in [1.54, 1.807) is 11.0 Å². The van der Waals surface area contributed by atoms with Crippen molar-refractivity contribution in [1.82, 2.24) is 9.88 Å². The molecule has 0 aliphatic rings. The van der Waals surface area contributed by atoms with Crippen LogP contribution < -0.4 is 11.3 Å². The van der Waals surface area contributed by atoms with E-state index in [4.69, 9.17) is 17.4 Å². The van der Waals surface area contributed by atoms with Crippen LogP contribution in [-0.4, -0.2) is 28.4 Å². The molecule has 0 aliphatic heterocycles. The molecule has 0 aromatic carbocycles. The number of hydrogen-bond acceptors (Lipinski definition) is 4. The maximum absolute atomic E-state index is 12.2. The van der Waals surface area contributed by atoms with Gasteiger partial charge >= 0.3 is 0 Å². The highest BCUT2D eigenvalue weighted by Gasteiger charge is 2.18. The first-order valence-corrected chi connectivity index (χ1v) is 5.82. The number of hydrazine groups is 1. The van der Waals surface area contributed by atoms with Crippen molar-refractivity contribution < 1.29 is 4.79 Å². The van der Waals surface area contributed by atoms with E-state index in [0.29, 0.717) is 17.9 Å². The van der Waals surface area contributed by atoms with Crippen LogP contribution in [0, 0.1) is 0 Å². The van der Waals surface area contributed by atoms with Gasteiger partial charge in [0.2, 0.25) is 0 Å². The zero-order valence-electron chi connectivity index (χ0n) is 10.2. The number of carbonyl (C=O) groups is 1. The van der Waals surface area contributed by atoms with E-state index in [1.807, 2.05) is 20.8 Å². The Hall–Kier alpha value is -1.33. The van der Waals surface area contributed by atoms with E-state index < -0.39 is 0 Å². The average Bonchev–Trinajstić information content (AvgIpc) is 2.28. The van der Waals surface area contributed by atoms with E-state index in [-0.39, 0.29) is 17.1 Å². The van der Waals surface area contributed by atoms with E-state index in [2.05, 4.69) is 10.4 Å². The quantitative estimate of drug-likeness (QED) is 0.490. The fourth-order valence-electron chi connectivity index (χ4n) is 1.60. The van der Waals surface area contributed by atoms with Crippen LogP contribution in [0.15, 0.2) is 12.1 Å². The number of nitrogens with zero attached hydrogens (tertiary/aromatic N) is 2. The molecule has 0 saturated heterocycles. The summed E-state index contributed by atoms with van der Waals surface area (Å²) in [6.07, 6.45) is 0. The summed E-state index contributed by atoms with van der Waals surface area (Å²) in [6.45, 7) is 6.50. The number of hydrogen-bond donors (Lipinski definition) is 2. The molecule has 0 saturated carbocycles. The van der Waals surface area contributed by atoms with Crippen LogP contribution >= 0.6 is 11.6 Å². The smallest absolute Gasteiger partial charge is 0.254 e.